The molecule has 31 heavy (non-hydrogen) atoms. The van der Waals surface area contributed by atoms with Gasteiger partial charge in [0, 0.05) is 28.5 Å². The molecule has 2 aromatic carbocycles. The molecule has 1 heterocycles. The number of hydrogen-bond donors (Lipinski definition) is 1. The fraction of sp³-hybridized carbons (Fsp3) is 0.385. The van der Waals surface area contributed by atoms with Crippen molar-refractivity contribution in [2.24, 2.45) is 0 Å². The number of carbonyl (C=O) groups excluding carboxylic acids is 1. The maximum absolute atomic E-state index is 12.8. The first-order valence-corrected chi connectivity index (χ1v) is 11.1. The van der Waals surface area contributed by atoms with E-state index in [2.05, 4.69) is 56.1 Å². The number of fused-ring (bicyclic) bond motifs is 1. The topological polar surface area (TPSA) is 56.1 Å². The van der Waals surface area contributed by atoms with Crippen LogP contribution >= 0.6 is 11.6 Å². The zero-order chi connectivity index (χ0) is 22.9. The molecule has 0 spiro atoms. The summed E-state index contributed by atoms with van der Waals surface area (Å²) >= 11 is 6.05. The van der Waals surface area contributed by atoms with Crippen molar-refractivity contribution in [3.8, 4) is 6.07 Å². The molecule has 0 bridgehead atoms. The number of nitrogens with one attached hydrogen (secondary N) is 1. The average Bonchev–Trinajstić information content (AvgIpc) is 2.69. The molecule has 1 N–H and O–H groups in total. The molecular formula is C26H30ClN3O. The van der Waals surface area contributed by atoms with Gasteiger partial charge in [-0.3, -0.25) is 4.79 Å². The molecule has 0 saturated carbocycles. The first-order chi connectivity index (χ1) is 14.6. The van der Waals surface area contributed by atoms with Crippen LogP contribution in [0.15, 0.2) is 35.9 Å². The quantitative estimate of drug-likeness (QED) is 0.434. The van der Waals surface area contributed by atoms with Gasteiger partial charge in [0.15, 0.2) is 0 Å². The van der Waals surface area contributed by atoms with Gasteiger partial charge >= 0.3 is 0 Å². The van der Waals surface area contributed by atoms with Gasteiger partial charge in [-0.05, 0) is 99.6 Å². The Morgan fingerprint density at radius 3 is 2.65 bits per heavy atom. The number of benzene rings is 2. The van der Waals surface area contributed by atoms with Crippen LogP contribution in [0, 0.1) is 25.2 Å². The Balaban J connectivity index is 1.98. The lowest BCUT2D eigenvalue weighted by Gasteiger charge is -2.47. The molecule has 162 valence electrons. The fourth-order valence-electron chi connectivity index (χ4n) is 4.63. The predicted octanol–water partition coefficient (Wildman–Crippen LogP) is 6.61. The van der Waals surface area contributed by atoms with E-state index in [0.29, 0.717) is 16.6 Å². The van der Waals surface area contributed by atoms with Gasteiger partial charge < -0.3 is 10.2 Å². The zero-order valence-corrected chi connectivity index (χ0v) is 19.9. The molecular weight excluding hydrogens is 406 g/mol. The Morgan fingerprint density at radius 1 is 1.29 bits per heavy atom. The minimum atomic E-state index is -0.436. The Hall–Kier alpha value is -2.77. The van der Waals surface area contributed by atoms with Crippen molar-refractivity contribution in [2.75, 3.05) is 16.8 Å². The first kappa shape index (κ1) is 22.9. The van der Waals surface area contributed by atoms with E-state index < -0.39 is 5.91 Å². The molecule has 1 aliphatic rings. The van der Waals surface area contributed by atoms with Crippen LogP contribution in [0.4, 0.5) is 11.4 Å². The molecule has 1 aliphatic heterocycles. The van der Waals surface area contributed by atoms with E-state index in [4.69, 9.17) is 11.6 Å². The van der Waals surface area contributed by atoms with Crippen molar-refractivity contribution >= 4 is 35.0 Å². The normalized spacial score (nSPS) is 17.7. The smallest absolute Gasteiger partial charge is 0.266 e. The summed E-state index contributed by atoms with van der Waals surface area (Å²) in [5.41, 5.74) is 6.11. The van der Waals surface area contributed by atoms with Gasteiger partial charge in [-0.15, -0.1) is 0 Å². The van der Waals surface area contributed by atoms with Crippen LogP contribution < -0.4 is 10.2 Å². The predicted molar refractivity (Wildman–Crippen MR) is 130 cm³/mol. The summed E-state index contributed by atoms with van der Waals surface area (Å²) in [4.78, 5) is 15.3. The highest BCUT2D eigenvalue weighted by Crippen LogP contribution is 2.44. The lowest BCUT2D eigenvalue weighted by Crippen LogP contribution is -2.48. The van der Waals surface area contributed by atoms with Gasteiger partial charge in [0.2, 0.25) is 0 Å². The maximum Gasteiger partial charge on any atom is 0.266 e. The summed E-state index contributed by atoms with van der Waals surface area (Å²) in [6.07, 6.45) is 2.74. The molecule has 0 unspecified atom stereocenters. The van der Waals surface area contributed by atoms with Gasteiger partial charge in [-0.1, -0.05) is 24.6 Å². The van der Waals surface area contributed by atoms with E-state index in [-0.39, 0.29) is 11.1 Å². The molecule has 1 amide bonds. The summed E-state index contributed by atoms with van der Waals surface area (Å²) in [5, 5.41) is 13.0. The number of aryl methyl sites for hydroxylation is 2. The van der Waals surface area contributed by atoms with Crippen molar-refractivity contribution < 1.29 is 4.79 Å². The lowest BCUT2D eigenvalue weighted by atomic mass is 9.79. The van der Waals surface area contributed by atoms with Crippen LogP contribution in [0.2, 0.25) is 5.02 Å². The van der Waals surface area contributed by atoms with E-state index in [1.807, 2.05) is 19.9 Å². The molecule has 0 aromatic heterocycles. The Kier molecular flexibility index (Phi) is 6.48. The molecule has 2 aromatic rings. The van der Waals surface area contributed by atoms with Crippen LogP contribution in [0.5, 0.6) is 0 Å². The molecule has 1 atom stereocenters. The van der Waals surface area contributed by atoms with Crippen LogP contribution in [-0.4, -0.2) is 18.0 Å². The van der Waals surface area contributed by atoms with E-state index in [1.165, 1.54) is 11.3 Å². The fourth-order valence-corrected chi connectivity index (χ4v) is 4.80. The maximum atomic E-state index is 12.8. The van der Waals surface area contributed by atoms with E-state index in [0.717, 1.165) is 29.7 Å². The molecule has 0 radical (unpaired) electrons. The van der Waals surface area contributed by atoms with Crippen molar-refractivity contribution in [3.63, 3.8) is 0 Å². The first-order valence-electron chi connectivity index (χ1n) is 10.7. The van der Waals surface area contributed by atoms with Crippen molar-refractivity contribution in [1.82, 2.24) is 0 Å². The van der Waals surface area contributed by atoms with Crippen molar-refractivity contribution in [3.05, 3.63) is 63.2 Å². The number of halogens is 1. The van der Waals surface area contributed by atoms with Crippen LogP contribution in [0.1, 0.15) is 62.3 Å². The van der Waals surface area contributed by atoms with Crippen LogP contribution in [-0.2, 0) is 4.79 Å². The molecule has 3 rings (SSSR count). The monoisotopic (exact) mass is 435 g/mol. The molecule has 0 aliphatic carbocycles. The van der Waals surface area contributed by atoms with Gasteiger partial charge in [0.05, 0.1) is 0 Å². The number of carbonyl (C=O) groups is 1. The number of nitrogens with zero attached hydrogens (tertiary/aromatic N) is 2. The summed E-state index contributed by atoms with van der Waals surface area (Å²) in [7, 11) is 0. The highest BCUT2D eigenvalue weighted by atomic mass is 35.5. The van der Waals surface area contributed by atoms with Crippen molar-refractivity contribution in [1.29, 1.82) is 5.26 Å². The number of hydrogen-bond acceptors (Lipinski definition) is 3. The summed E-state index contributed by atoms with van der Waals surface area (Å²) in [6, 6.07) is 11.7. The van der Waals surface area contributed by atoms with Gasteiger partial charge in [0.25, 0.3) is 5.91 Å². The van der Waals surface area contributed by atoms with E-state index >= 15 is 0 Å². The van der Waals surface area contributed by atoms with Gasteiger partial charge in [-0.2, -0.15) is 5.26 Å². The second-order valence-corrected chi connectivity index (χ2v) is 9.45. The molecule has 0 saturated heterocycles. The van der Waals surface area contributed by atoms with Gasteiger partial charge in [-0.25, -0.2) is 0 Å². The second kappa shape index (κ2) is 8.77. The highest BCUT2D eigenvalue weighted by molar-refractivity contribution is 6.31. The molecule has 4 nitrogen and oxygen atoms in total. The Labute approximate surface area is 190 Å². The van der Waals surface area contributed by atoms with Gasteiger partial charge in [0.1, 0.15) is 11.6 Å². The Bertz CT molecular complexity index is 1090. The average molecular weight is 436 g/mol. The number of rotatable bonds is 4. The van der Waals surface area contributed by atoms with Crippen LogP contribution in [0.3, 0.4) is 0 Å². The SMILES string of the molecule is CCN1c2cc(C)c(/C=C(/C#N)C(=O)Nc3cc(Cl)ccc3C)cc2[C@H](C)CC1(C)C. The number of amides is 1. The Morgan fingerprint density at radius 2 is 2.00 bits per heavy atom. The van der Waals surface area contributed by atoms with E-state index in [9.17, 15) is 10.1 Å². The minimum absolute atomic E-state index is 0.0681. The molecule has 0 fully saturated rings. The number of anilines is 2. The lowest BCUT2D eigenvalue weighted by molar-refractivity contribution is -0.112. The second-order valence-electron chi connectivity index (χ2n) is 9.01. The summed E-state index contributed by atoms with van der Waals surface area (Å²) in [5.74, 6) is -0.0385. The third kappa shape index (κ3) is 4.62. The van der Waals surface area contributed by atoms with Crippen molar-refractivity contribution in [2.45, 2.75) is 59.4 Å². The zero-order valence-electron chi connectivity index (χ0n) is 19.1. The van der Waals surface area contributed by atoms with E-state index in [1.54, 1.807) is 18.2 Å². The summed E-state index contributed by atoms with van der Waals surface area (Å²) in [6.45, 7) is 13.9. The highest BCUT2D eigenvalue weighted by Gasteiger charge is 2.35. The number of nitriles is 1. The third-order valence-electron chi connectivity index (χ3n) is 6.20. The third-order valence-corrected chi connectivity index (χ3v) is 6.44. The summed E-state index contributed by atoms with van der Waals surface area (Å²) < 4.78 is 0. The minimum Gasteiger partial charge on any atom is -0.366 e. The van der Waals surface area contributed by atoms with Crippen LogP contribution in [0.25, 0.3) is 6.08 Å². The molecule has 5 heteroatoms. The largest absolute Gasteiger partial charge is 0.366 e. The standard InChI is InChI=1S/C26H30ClN3O/c1-7-30-24-10-17(3)19(12-22(24)18(4)14-26(30,5)6)11-20(15-28)25(31)29-23-13-21(27)9-8-16(23)2/h8-13,18H,7,14H2,1-6H3,(H,29,31)/b20-11-/t18-/m1/s1.